The summed E-state index contributed by atoms with van der Waals surface area (Å²) in [5.41, 5.74) is 1.32. The van der Waals surface area contributed by atoms with E-state index in [0.717, 1.165) is 0 Å². The Morgan fingerprint density at radius 2 is 1.80 bits per heavy atom. The van der Waals surface area contributed by atoms with Gasteiger partial charge in [-0.1, -0.05) is 54.1 Å². The standard InChI is InChI=1S/C28H20ClFN2O3/c1-15(33)25-24(26(34)18-6-2-4-8-20(18)29)28(19-7-3-5-9-21(19)31-27(28)35)23-13-10-16-14-17(30)11-12-22(16)32(23)25/h2-14,23-25H,1H3,(H,31,35)/t23-,24-,25-,28+/m1/s1. The van der Waals surface area contributed by atoms with E-state index in [-0.39, 0.29) is 28.1 Å². The van der Waals surface area contributed by atoms with Crippen molar-refractivity contribution in [3.8, 4) is 0 Å². The third-order valence-corrected chi connectivity index (χ3v) is 7.76. The first-order chi connectivity index (χ1) is 16.9. The van der Waals surface area contributed by atoms with Gasteiger partial charge < -0.3 is 10.2 Å². The first-order valence-corrected chi connectivity index (χ1v) is 11.7. The van der Waals surface area contributed by atoms with Gasteiger partial charge in [-0.05, 0) is 48.9 Å². The van der Waals surface area contributed by atoms with Crippen LogP contribution in [0.3, 0.4) is 0 Å². The third kappa shape index (κ3) is 2.83. The smallest absolute Gasteiger partial charge is 0.238 e. The van der Waals surface area contributed by atoms with E-state index in [1.54, 1.807) is 48.6 Å². The second-order valence-corrected chi connectivity index (χ2v) is 9.57. The average molecular weight is 487 g/mol. The van der Waals surface area contributed by atoms with Gasteiger partial charge in [-0.15, -0.1) is 0 Å². The number of para-hydroxylation sites is 1. The fourth-order valence-electron chi connectivity index (χ4n) is 6.13. The molecule has 3 aromatic rings. The summed E-state index contributed by atoms with van der Waals surface area (Å²) in [6, 6.07) is 16.6. The maximum atomic E-state index is 14.3. The van der Waals surface area contributed by atoms with Crippen LogP contribution in [0.5, 0.6) is 0 Å². The van der Waals surface area contributed by atoms with Gasteiger partial charge in [0.25, 0.3) is 0 Å². The van der Waals surface area contributed by atoms with Gasteiger partial charge in [-0.25, -0.2) is 4.39 Å². The van der Waals surface area contributed by atoms with Crippen LogP contribution >= 0.6 is 11.6 Å². The second kappa shape index (κ2) is 7.62. The van der Waals surface area contributed by atoms with Crippen LogP contribution in [0.25, 0.3) is 6.08 Å². The number of carbonyl (C=O) groups excluding carboxylic acids is 3. The van der Waals surface area contributed by atoms with Crippen molar-refractivity contribution in [2.45, 2.75) is 24.4 Å². The summed E-state index contributed by atoms with van der Waals surface area (Å²) in [6.07, 6.45) is 3.56. The molecule has 3 aliphatic rings. The molecule has 0 aliphatic carbocycles. The number of nitrogens with one attached hydrogen (secondary N) is 1. The summed E-state index contributed by atoms with van der Waals surface area (Å²) >= 11 is 6.43. The fraction of sp³-hybridized carbons (Fsp3) is 0.179. The molecule has 1 saturated heterocycles. The van der Waals surface area contributed by atoms with E-state index in [4.69, 9.17) is 11.6 Å². The Balaban J connectivity index is 1.67. The summed E-state index contributed by atoms with van der Waals surface area (Å²) in [5.74, 6) is -2.46. The molecular weight excluding hydrogens is 467 g/mol. The average Bonchev–Trinajstić information content (AvgIpc) is 3.32. The van der Waals surface area contributed by atoms with E-state index in [0.29, 0.717) is 22.5 Å². The molecule has 1 amide bonds. The largest absolute Gasteiger partial charge is 0.352 e. The molecule has 0 radical (unpaired) electrons. The van der Waals surface area contributed by atoms with Crippen LogP contribution in [-0.4, -0.2) is 29.6 Å². The van der Waals surface area contributed by atoms with Crippen LogP contribution in [0.15, 0.2) is 72.8 Å². The number of Topliss-reactive ketones (excluding diaryl/α,β-unsaturated/α-hetero) is 2. The number of fused-ring (bicyclic) bond motifs is 6. The second-order valence-electron chi connectivity index (χ2n) is 9.16. The van der Waals surface area contributed by atoms with E-state index in [1.807, 2.05) is 23.1 Å². The first kappa shape index (κ1) is 21.7. The molecular formula is C28H20ClFN2O3. The molecule has 7 heteroatoms. The van der Waals surface area contributed by atoms with Crippen molar-refractivity contribution in [1.82, 2.24) is 0 Å². The number of amides is 1. The quantitative estimate of drug-likeness (QED) is 0.527. The number of halogens is 2. The van der Waals surface area contributed by atoms with Crippen LogP contribution in [0.4, 0.5) is 15.8 Å². The Hall–Kier alpha value is -3.77. The number of benzene rings is 3. The number of anilines is 2. The SMILES string of the molecule is CC(=O)[C@@H]1[C@H](C(=O)c2ccccc2Cl)[C@@]2(C(=O)Nc3ccccc32)[C@H]2C=Cc3cc(F)ccc3N12. The monoisotopic (exact) mass is 486 g/mol. The topological polar surface area (TPSA) is 66.5 Å². The van der Waals surface area contributed by atoms with Gasteiger partial charge in [0.1, 0.15) is 11.2 Å². The molecule has 3 heterocycles. The van der Waals surface area contributed by atoms with Crippen LogP contribution in [0.1, 0.15) is 28.4 Å². The number of hydrogen-bond acceptors (Lipinski definition) is 4. The zero-order chi connectivity index (χ0) is 24.5. The van der Waals surface area contributed by atoms with Gasteiger partial charge in [0.05, 0.1) is 23.0 Å². The van der Waals surface area contributed by atoms with E-state index < -0.39 is 29.2 Å². The highest BCUT2D eigenvalue weighted by Crippen LogP contribution is 2.57. The fourth-order valence-corrected chi connectivity index (χ4v) is 6.36. The van der Waals surface area contributed by atoms with E-state index in [1.165, 1.54) is 19.1 Å². The zero-order valence-corrected chi connectivity index (χ0v) is 19.4. The Morgan fingerprint density at radius 3 is 2.57 bits per heavy atom. The Morgan fingerprint density at radius 1 is 1.06 bits per heavy atom. The molecule has 1 fully saturated rings. The van der Waals surface area contributed by atoms with Gasteiger partial charge in [-0.2, -0.15) is 0 Å². The Bertz CT molecular complexity index is 1470. The lowest BCUT2D eigenvalue weighted by molar-refractivity contribution is -0.122. The predicted octanol–water partition coefficient (Wildman–Crippen LogP) is 5.04. The third-order valence-electron chi connectivity index (χ3n) is 7.43. The van der Waals surface area contributed by atoms with E-state index in [2.05, 4.69) is 5.32 Å². The predicted molar refractivity (Wildman–Crippen MR) is 132 cm³/mol. The van der Waals surface area contributed by atoms with Crippen LogP contribution < -0.4 is 10.2 Å². The van der Waals surface area contributed by atoms with Crippen molar-refractivity contribution in [2.24, 2.45) is 5.92 Å². The summed E-state index contributed by atoms with van der Waals surface area (Å²) in [4.78, 5) is 43.4. The minimum Gasteiger partial charge on any atom is -0.352 e. The van der Waals surface area contributed by atoms with Crippen LogP contribution in [0.2, 0.25) is 5.02 Å². The Labute approximate surface area is 206 Å². The molecule has 1 N–H and O–H groups in total. The van der Waals surface area contributed by atoms with E-state index in [9.17, 15) is 18.8 Å². The molecule has 3 aromatic carbocycles. The van der Waals surface area contributed by atoms with Gasteiger partial charge in [-0.3, -0.25) is 14.4 Å². The summed E-state index contributed by atoms with van der Waals surface area (Å²) < 4.78 is 14.1. The highest BCUT2D eigenvalue weighted by atomic mass is 35.5. The molecule has 5 nitrogen and oxygen atoms in total. The molecule has 0 aromatic heterocycles. The minimum absolute atomic E-state index is 0.254. The number of hydrogen-bond donors (Lipinski definition) is 1. The normalized spacial score (nSPS) is 25.7. The zero-order valence-electron chi connectivity index (χ0n) is 18.7. The lowest BCUT2D eigenvalue weighted by Gasteiger charge is -2.37. The lowest BCUT2D eigenvalue weighted by atomic mass is 9.64. The van der Waals surface area contributed by atoms with Gasteiger partial charge >= 0.3 is 0 Å². The molecule has 4 atom stereocenters. The number of nitrogens with zero attached hydrogens (tertiary/aromatic N) is 1. The number of rotatable bonds is 3. The highest BCUT2D eigenvalue weighted by Gasteiger charge is 2.69. The number of ketones is 2. The van der Waals surface area contributed by atoms with Gasteiger partial charge in [0.15, 0.2) is 11.6 Å². The van der Waals surface area contributed by atoms with Crippen molar-refractivity contribution in [3.05, 3.63) is 100 Å². The van der Waals surface area contributed by atoms with Crippen molar-refractivity contribution in [2.75, 3.05) is 10.2 Å². The first-order valence-electron chi connectivity index (χ1n) is 11.3. The molecule has 1 spiro atoms. The maximum Gasteiger partial charge on any atom is 0.238 e. The van der Waals surface area contributed by atoms with Crippen LogP contribution in [-0.2, 0) is 15.0 Å². The summed E-state index contributed by atoms with van der Waals surface area (Å²) in [5, 5.41) is 3.20. The number of carbonyl (C=O) groups is 3. The molecule has 174 valence electrons. The Kier molecular flexibility index (Phi) is 4.73. The molecule has 3 aliphatic heterocycles. The minimum atomic E-state index is -1.38. The molecule has 6 rings (SSSR count). The van der Waals surface area contributed by atoms with Crippen molar-refractivity contribution >= 4 is 46.5 Å². The molecule has 0 saturated carbocycles. The van der Waals surface area contributed by atoms with Crippen molar-refractivity contribution in [3.63, 3.8) is 0 Å². The highest BCUT2D eigenvalue weighted by molar-refractivity contribution is 6.34. The van der Waals surface area contributed by atoms with Crippen molar-refractivity contribution < 1.29 is 18.8 Å². The summed E-state index contributed by atoms with van der Waals surface area (Å²) in [7, 11) is 0. The summed E-state index contributed by atoms with van der Waals surface area (Å²) in [6.45, 7) is 1.42. The molecule has 0 bridgehead atoms. The van der Waals surface area contributed by atoms with Crippen LogP contribution in [0, 0.1) is 11.7 Å². The maximum absolute atomic E-state index is 14.3. The van der Waals surface area contributed by atoms with Crippen molar-refractivity contribution in [1.29, 1.82) is 0 Å². The van der Waals surface area contributed by atoms with E-state index >= 15 is 0 Å². The van der Waals surface area contributed by atoms with Gasteiger partial charge in [0, 0.05) is 22.5 Å². The molecule has 35 heavy (non-hydrogen) atoms. The molecule has 0 unspecified atom stereocenters. The lowest BCUT2D eigenvalue weighted by Crippen LogP contribution is -2.51. The van der Waals surface area contributed by atoms with Gasteiger partial charge in [0.2, 0.25) is 5.91 Å².